The van der Waals surface area contributed by atoms with E-state index in [1.807, 2.05) is 12.1 Å². The third-order valence-electron chi connectivity index (χ3n) is 3.19. The molecule has 0 aromatic heterocycles. The fourth-order valence-electron chi connectivity index (χ4n) is 2.16. The number of carbonyl (C=O) groups excluding carboxylic acids is 1. The Bertz CT molecular complexity index is 450. The van der Waals surface area contributed by atoms with Crippen molar-refractivity contribution in [2.75, 3.05) is 24.6 Å². The molecule has 2 N–H and O–H groups in total. The summed E-state index contributed by atoms with van der Waals surface area (Å²) in [5.41, 5.74) is 1.67. The van der Waals surface area contributed by atoms with Crippen LogP contribution in [0, 0.1) is 0 Å². The maximum absolute atomic E-state index is 11.0. The van der Waals surface area contributed by atoms with Crippen molar-refractivity contribution in [1.29, 1.82) is 0 Å². The van der Waals surface area contributed by atoms with Crippen molar-refractivity contribution < 1.29 is 14.6 Å². The van der Waals surface area contributed by atoms with Crippen LogP contribution in [0.25, 0.3) is 0 Å². The van der Waals surface area contributed by atoms with E-state index >= 15 is 0 Å². The highest BCUT2D eigenvalue weighted by atomic mass is 35.5. The summed E-state index contributed by atoms with van der Waals surface area (Å²) >= 11 is 0. The van der Waals surface area contributed by atoms with Crippen LogP contribution < -0.4 is 10.2 Å². The Morgan fingerprint density at radius 2 is 2.11 bits per heavy atom. The summed E-state index contributed by atoms with van der Waals surface area (Å²) in [5.74, 6) is 0.190. The fraction of sp³-hybridized carbons (Fsp3) is 0.462. The first-order valence-corrected chi connectivity index (χ1v) is 6.16. The molecule has 1 fully saturated rings. The monoisotopic (exact) mass is 286 g/mol. The number of anilines is 1. The van der Waals surface area contributed by atoms with E-state index in [2.05, 4.69) is 24.1 Å². The van der Waals surface area contributed by atoms with Gasteiger partial charge in [0.2, 0.25) is 0 Å². The van der Waals surface area contributed by atoms with E-state index in [-0.39, 0.29) is 30.8 Å². The van der Waals surface area contributed by atoms with Gasteiger partial charge in [0.1, 0.15) is 12.4 Å². The number of halogens is 1. The molecule has 106 valence electrons. The number of carbonyl (C=O) groups is 1. The Hall–Kier alpha value is -1.62. The second-order valence-corrected chi connectivity index (χ2v) is 4.21. The number of cyclic esters (lactones) is 1. The number of hydrogen-bond acceptors (Lipinski definition) is 4. The Morgan fingerprint density at radius 3 is 2.58 bits per heavy atom. The van der Waals surface area contributed by atoms with Crippen LogP contribution in [-0.2, 0) is 4.74 Å². The predicted octanol–water partition coefficient (Wildman–Crippen LogP) is 2.44. The lowest BCUT2D eigenvalue weighted by molar-refractivity contribution is 0.177. The van der Waals surface area contributed by atoms with E-state index < -0.39 is 6.09 Å². The summed E-state index contributed by atoms with van der Waals surface area (Å²) in [4.78, 5) is 13.1. The van der Waals surface area contributed by atoms with Gasteiger partial charge in [-0.15, -0.1) is 12.4 Å². The molecule has 0 radical (unpaired) electrons. The highest BCUT2D eigenvalue weighted by Crippen LogP contribution is 2.30. The van der Waals surface area contributed by atoms with Gasteiger partial charge in [0, 0.05) is 30.4 Å². The molecule has 1 aromatic carbocycles. The average Bonchev–Trinajstić information content (AvgIpc) is 2.77. The molecule has 0 aliphatic carbocycles. The summed E-state index contributed by atoms with van der Waals surface area (Å²) in [6.07, 6.45) is -0.438. The van der Waals surface area contributed by atoms with Gasteiger partial charge in [0.05, 0.1) is 6.04 Å². The highest BCUT2D eigenvalue weighted by Gasteiger charge is 2.26. The van der Waals surface area contributed by atoms with Crippen LogP contribution in [0.2, 0.25) is 0 Å². The number of nitrogens with one attached hydrogen (secondary N) is 1. The molecule has 5 nitrogen and oxygen atoms in total. The van der Waals surface area contributed by atoms with Crippen LogP contribution in [0.1, 0.15) is 25.5 Å². The summed E-state index contributed by atoms with van der Waals surface area (Å²) in [6.45, 7) is 6.17. The van der Waals surface area contributed by atoms with Gasteiger partial charge in [0.25, 0.3) is 0 Å². The molecule has 19 heavy (non-hydrogen) atoms. The van der Waals surface area contributed by atoms with Gasteiger partial charge in [0.15, 0.2) is 0 Å². The SMILES string of the molecule is CCN(CC)c1ccc([C@@H]2COC(=O)N2)c(O)c1.Cl. The molecule has 1 aliphatic heterocycles. The van der Waals surface area contributed by atoms with E-state index in [0.29, 0.717) is 5.56 Å². The number of rotatable bonds is 4. The fourth-order valence-corrected chi connectivity index (χ4v) is 2.16. The van der Waals surface area contributed by atoms with Crippen molar-refractivity contribution in [2.24, 2.45) is 0 Å². The molecule has 1 aliphatic rings. The first-order valence-electron chi connectivity index (χ1n) is 6.16. The van der Waals surface area contributed by atoms with Gasteiger partial charge >= 0.3 is 6.09 Å². The molecule has 0 saturated carbocycles. The number of nitrogens with zero attached hydrogens (tertiary/aromatic N) is 1. The third-order valence-corrected chi connectivity index (χ3v) is 3.19. The number of hydrogen-bond donors (Lipinski definition) is 2. The van der Waals surface area contributed by atoms with Crippen molar-refractivity contribution >= 4 is 24.2 Å². The minimum Gasteiger partial charge on any atom is -0.508 e. The normalized spacial score (nSPS) is 17.4. The lowest BCUT2D eigenvalue weighted by atomic mass is 10.1. The average molecular weight is 287 g/mol. The van der Waals surface area contributed by atoms with Gasteiger partial charge in [-0.05, 0) is 19.9 Å². The van der Waals surface area contributed by atoms with Gasteiger partial charge < -0.3 is 20.1 Å². The zero-order valence-corrected chi connectivity index (χ0v) is 11.9. The van der Waals surface area contributed by atoms with Crippen LogP contribution >= 0.6 is 12.4 Å². The van der Waals surface area contributed by atoms with Crippen molar-refractivity contribution in [3.05, 3.63) is 23.8 Å². The topological polar surface area (TPSA) is 61.8 Å². The van der Waals surface area contributed by atoms with E-state index in [9.17, 15) is 9.90 Å². The smallest absolute Gasteiger partial charge is 0.407 e. The second kappa shape index (κ2) is 6.52. The van der Waals surface area contributed by atoms with E-state index in [1.165, 1.54) is 0 Å². The number of benzene rings is 1. The van der Waals surface area contributed by atoms with Crippen LogP contribution in [-0.4, -0.2) is 30.9 Å². The first kappa shape index (κ1) is 15.4. The molecule has 1 atom stereocenters. The van der Waals surface area contributed by atoms with E-state index in [1.54, 1.807) is 6.07 Å². The Labute approximate surface area is 119 Å². The summed E-state index contributed by atoms with van der Waals surface area (Å²) < 4.78 is 4.82. The largest absolute Gasteiger partial charge is 0.508 e. The van der Waals surface area contributed by atoms with Gasteiger partial charge in [-0.2, -0.15) is 0 Å². The van der Waals surface area contributed by atoms with Crippen molar-refractivity contribution in [3.63, 3.8) is 0 Å². The van der Waals surface area contributed by atoms with E-state index in [0.717, 1.165) is 18.8 Å². The van der Waals surface area contributed by atoms with Gasteiger partial charge in [-0.3, -0.25) is 0 Å². The first-order chi connectivity index (χ1) is 8.65. The predicted molar refractivity (Wildman–Crippen MR) is 76.1 cm³/mol. The minimum absolute atomic E-state index is 0. The van der Waals surface area contributed by atoms with Gasteiger partial charge in [-0.25, -0.2) is 4.79 Å². The zero-order valence-electron chi connectivity index (χ0n) is 11.0. The number of aromatic hydroxyl groups is 1. The highest BCUT2D eigenvalue weighted by molar-refractivity contribution is 5.85. The Morgan fingerprint density at radius 1 is 1.42 bits per heavy atom. The molecule has 0 unspecified atom stereocenters. The second-order valence-electron chi connectivity index (χ2n) is 4.21. The number of amides is 1. The minimum atomic E-state index is -0.438. The molecule has 0 spiro atoms. The Balaban J connectivity index is 0.00000180. The van der Waals surface area contributed by atoms with Crippen molar-refractivity contribution in [3.8, 4) is 5.75 Å². The zero-order chi connectivity index (χ0) is 13.1. The molecule has 1 saturated heterocycles. The lowest BCUT2D eigenvalue weighted by Crippen LogP contribution is -2.22. The number of phenols is 1. The van der Waals surface area contributed by atoms with Gasteiger partial charge in [-0.1, -0.05) is 6.07 Å². The summed E-state index contributed by atoms with van der Waals surface area (Å²) in [6, 6.07) is 5.25. The molecule has 6 heteroatoms. The standard InChI is InChI=1S/C13H18N2O3.ClH/c1-3-15(4-2)9-5-6-10(12(16)7-9)11-8-18-13(17)14-11;/h5-7,11,16H,3-4,8H2,1-2H3,(H,14,17);1H/t11-;/m0./s1. The maximum atomic E-state index is 11.0. The lowest BCUT2D eigenvalue weighted by Gasteiger charge is -2.22. The molecule has 1 heterocycles. The molecular formula is C13H19ClN2O3. The van der Waals surface area contributed by atoms with Crippen LogP contribution in [0.3, 0.4) is 0 Å². The number of phenolic OH excluding ortho intramolecular Hbond substituents is 1. The van der Waals surface area contributed by atoms with Crippen LogP contribution in [0.5, 0.6) is 5.75 Å². The summed E-state index contributed by atoms with van der Waals surface area (Å²) in [7, 11) is 0. The van der Waals surface area contributed by atoms with Crippen LogP contribution in [0.4, 0.5) is 10.5 Å². The molecule has 1 aromatic rings. The van der Waals surface area contributed by atoms with Crippen molar-refractivity contribution in [2.45, 2.75) is 19.9 Å². The molecule has 1 amide bonds. The molecule has 0 bridgehead atoms. The Kier molecular flexibility index (Phi) is 5.30. The number of alkyl carbamates (subject to hydrolysis) is 1. The van der Waals surface area contributed by atoms with Crippen molar-refractivity contribution in [1.82, 2.24) is 5.32 Å². The van der Waals surface area contributed by atoms with E-state index in [4.69, 9.17) is 4.74 Å². The molecular weight excluding hydrogens is 268 g/mol. The van der Waals surface area contributed by atoms with Crippen LogP contribution in [0.15, 0.2) is 18.2 Å². The quantitative estimate of drug-likeness (QED) is 0.892. The number of ether oxygens (including phenoxy) is 1. The molecule has 2 rings (SSSR count). The summed E-state index contributed by atoms with van der Waals surface area (Å²) in [5, 5.41) is 12.7. The third kappa shape index (κ3) is 3.23. The maximum Gasteiger partial charge on any atom is 0.407 e.